The van der Waals surface area contributed by atoms with Gasteiger partial charge in [-0.05, 0) is 0 Å². The van der Waals surface area contributed by atoms with Gasteiger partial charge in [-0.2, -0.15) is 0 Å². The van der Waals surface area contributed by atoms with Crippen molar-refractivity contribution in [2.45, 2.75) is 121 Å². The molecule has 0 aliphatic heterocycles. The first kappa shape index (κ1) is 35.8. The van der Waals surface area contributed by atoms with Gasteiger partial charge in [-0.15, -0.1) is 26.2 Å². The molecule has 0 radical (unpaired) electrons. The molecule has 5 heteroatoms. The van der Waals surface area contributed by atoms with E-state index in [2.05, 4.69) is 115 Å². The predicted molar refractivity (Wildman–Crippen MR) is 139 cm³/mol. The van der Waals surface area contributed by atoms with Gasteiger partial charge in [0.25, 0.3) is 0 Å². The molecule has 0 fully saturated rings. The van der Waals surface area contributed by atoms with Crippen LogP contribution in [0.4, 0.5) is 0 Å². The summed E-state index contributed by atoms with van der Waals surface area (Å²) in [5.41, 5.74) is 0.297. The molecule has 0 saturated carbocycles. The quantitative estimate of drug-likeness (QED) is 0.229. The zero-order valence-corrected chi connectivity index (χ0v) is 25.8. The monoisotopic (exact) mass is 524 g/mol. The van der Waals surface area contributed by atoms with E-state index in [9.17, 15) is 0 Å². The van der Waals surface area contributed by atoms with Gasteiger partial charge in [0, 0.05) is 0 Å². The zero-order chi connectivity index (χ0) is 25.1. The van der Waals surface area contributed by atoms with Crippen LogP contribution in [0.1, 0.15) is 110 Å². The molecule has 0 unspecified atom stereocenters. The predicted octanol–water partition coefficient (Wildman–Crippen LogP) is 9.16. The molecule has 31 heavy (non-hydrogen) atoms. The average Bonchev–Trinajstić information content (AvgIpc) is 2.61. The van der Waals surface area contributed by atoms with Gasteiger partial charge in [0.05, 0.1) is 0 Å². The SMILES string of the molecule is CC(C)C[N-]CC(C)C.CC(C)C[N-]CC(C)C.CCC(C)(C)[N]=[Mo+2]=[N]C(C)(C)CC. The Morgan fingerprint density at radius 1 is 0.548 bits per heavy atom. The van der Waals surface area contributed by atoms with E-state index < -0.39 is 18.2 Å². The molecule has 0 aromatic carbocycles. The first-order chi connectivity index (χ1) is 14.1. The summed E-state index contributed by atoms with van der Waals surface area (Å²) in [4.78, 5) is 0. The van der Waals surface area contributed by atoms with E-state index in [0.717, 1.165) is 62.7 Å². The van der Waals surface area contributed by atoms with E-state index in [0.29, 0.717) is 0 Å². The molecular weight excluding hydrogens is 464 g/mol. The maximum absolute atomic E-state index is 4.67. The van der Waals surface area contributed by atoms with Gasteiger partial charge in [0.15, 0.2) is 0 Å². The molecule has 0 aliphatic rings. The van der Waals surface area contributed by atoms with Crippen molar-refractivity contribution in [1.29, 1.82) is 0 Å². The number of nitrogens with zero attached hydrogens (tertiary/aromatic N) is 4. The van der Waals surface area contributed by atoms with Crippen LogP contribution in [0, 0.1) is 23.7 Å². The molecule has 0 amide bonds. The minimum absolute atomic E-state index is 0.148. The second kappa shape index (κ2) is 20.8. The summed E-state index contributed by atoms with van der Waals surface area (Å²) in [6.45, 7) is 34.8. The van der Waals surface area contributed by atoms with E-state index in [1.807, 2.05) is 0 Å². The Hall–Kier alpha value is 0.208. The Labute approximate surface area is 206 Å². The third-order valence-electron chi connectivity index (χ3n) is 4.28. The minimum atomic E-state index is -0.492. The third kappa shape index (κ3) is 35.0. The molecule has 0 saturated heterocycles. The van der Waals surface area contributed by atoms with Crippen molar-refractivity contribution >= 4 is 0 Å². The Morgan fingerprint density at radius 3 is 0.935 bits per heavy atom. The van der Waals surface area contributed by atoms with Gasteiger partial charge >= 0.3 is 90.7 Å². The molecule has 0 spiro atoms. The molecule has 0 aliphatic carbocycles. The molecule has 4 nitrogen and oxygen atoms in total. The van der Waals surface area contributed by atoms with Crippen molar-refractivity contribution in [3.8, 4) is 0 Å². The molecule has 0 aromatic heterocycles. The van der Waals surface area contributed by atoms with Gasteiger partial charge in [-0.25, -0.2) is 0 Å². The average molecular weight is 523 g/mol. The van der Waals surface area contributed by atoms with E-state index >= 15 is 0 Å². The molecule has 0 atom stereocenters. The van der Waals surface area contributed by atoms with Gasteiger partial charge < -0.3 is 10.6 Å². The van der Waals surface area contributed by atoms with Crippen LogP contribution in [-0.4, -0.2) is 37.3 Å². The Bertz CT molecular complexity index is 394. The second-order valence-electron chi connectivity index (χ2n) is 11.3. The Balaban J connectivity index is -0.000000390. The van der Waals surface area contributed by atoms with Gasteiger partial charge in [-0.3, -0.25) is 0 Å². The molecule has 0 rings (SSSR count). The normalized spacial score (nSPS) is 11.7. The first-order valence-corrected chi connectivity index (χ1v) is 14.2. The van der Waals surface area contributed by atoms with Crippen LogP contribution in [0.25, 0.3) is 10.6 Å². The molecule has 0 bridgehead atoms. The fourth-order valence-electron chi connectivity index (χ4n) is 1.55. The van der Waals surface area contributed by atoms with Crippen molar-refractivity contribution in [1.82, 2.24) is 0 Å². The maximum atomic E-state index is 4.67. The third-order valence-corrected chi connectivity index (χ3v) is 7.11. The summed E-state index contributed by atoms with van der Waals surface area (Å²) in [7, 11) is 0. The van der Waals surface area contributed by atoms with Crippen LogP contribution in [-0.2, 0) is 18.2 Å². The molecule has 0 heterocycles. The van der Waals surface area contributed by atoms with Gasteiger partial charge in [0.2, 0.25) is 0 Å². The van der Waals surface area contributed by atoms with Crippen LogP contribution in [0.5, 0.6) is 0 Å². The summed E-state index contributed by atoms with van der Waals surface area (Å²) >= 11 is -0.492. The molecule has 0 N–H and O–H groups in total. The summed E-state index contributed by atoms with van der Waals surface area (Å²) in [6, 6.07) is 0. The zero-order valence-electron chi connectivity index (χ0n) is 23.7. The van der Waals surface area contributed by atoms with E-state index in [4.69, 9.17) is 0 Å². The van der Waals surface area contributed by atoms with Crippen LogP contribution >= 0.6 is 0 Å². The van der Waals surface area contributed by atoms with Crippen molar-refractivity contribution in [3.63, 3.8) is 0 Å². The molecule has 188 valence electrons. The first-order valence-electron chi connectivity index (χ1n) is 12.5. The molecule has 0 aromatic rings. The van der Waals surface area contributed by atoms with Crippen LogP contribution < -0.4 is 0 Å². The number of hydrogen-bond acceptors (Lipinski definition) is 2. The Kier molecular flexibility index (Phi) is 24.0. The summed E-state index contributed by atoms with van der Waals surface area (Å²) in [5, 5.41) is 8.74. The van der Waals surface area contributed by atoms with E-state index in [1.54, 1.807) is 0 Å². The van der Waals surface area contributed by atoms with Crippen molar-refractivity contribution in [3.05, 3.63) is 10.6 Å². The van der Waals surface area contributed by atoms with Gasteiger partial charge in [0.1, 0.15) is 0 Å². The van der Waals surface area contributed by atoms with Crippen molar-refractivity contribution < 1.29 is 18.2 Å². The topological polar surface area (TPSA) is 52.9 Å². The number of rotatable bonds is 12. The van der Waals surface area contributed by atoms with Crippen molar-refractivity contribution in [2.24, 2.45) is 30.7 Å². The summed E-state index contributed by atoms with van der Waals surface area (Å²) in [5.74, 6) is 2.90. The standard InChI is InChI=1S/2C8H18N.2C5H11N.Mo/c2*1-7(2)5-9-6-8(3)4;2*1-4-5(2,3)6;/h2*7-8H,5-6H2,1-4H3;2*4H2,1-3H3;/q2*-1;;;+2. The second-order valence-corrected chi connectivity index (χ2v) is 12.6. The van der Waals surface area contributed by atoms with Crippen molar-refractivity contribution in [2.75, 3.05) is 26.2 Å². The molecular formula is C26H58MoN4. The summed E-state index contributed by atoms with van der Waals surface area (Å²) < 4.78 is 9.34. The van der Waals surface area contributed by atoms with Crippen LogP contribution in [0.15, 0.2) is 6.99 Å². The van der Waals surface area contributed by atoms with Crippen LogP contribution in [0.3, 0.4) is 0 Å². The van der Waals surface area contributed by atoms with E-state index in [-0.39, 0.29) is 11.1 Å². The summed E-state index contributed by atoms with van der Waals surface area (Å²) in [6.07, 6.45) is 2.22. The van der Waals surface area contributed by atoms with Gasteiger partial charge in [-0.1, -0.05) is 79.1 Å². The number of hydrogen-bond donors (Lipinski definition) is 0. The van der Waals surface area contributed by atoms with E-state index in [1.165, 1.54) is 0 Å². The fraction of sp³-hybridized carbons (Fsp3) is 1.00. The van der Waals surface area contributed by atoms with Crippen LogP contribution in [0.2, 0.25) is 0 Å². The Morgan fingerprint density at radius 2 is 0.774 bits per heavy atom. The fourth-order valence-corrected chi connectivity index (χ4v) is 3.37.